The van der Waals surface area contributed by atoms with E-state index in [-0.39, 0.29) is 5.75 Å². The lowest BCUT2D eigenvalue weighted by molar-refractivity contribution is 0.293. The van der Waals surface area contributed by atoms with Crippen LogP contribution < -0.4 is 0 Å². The van der Waals surface area contributed by atoms with Crippen LogP contribution in [-0.2, 0) is 4.74 Å². The van der Waals surface area contributed by atoms with Gasteiger partial charge in [-0.3, -0.25) is 0 Å². The number of hydrogen-bond donors (Lipinski definition) is 1. The largest absolute Gasteiger partial charge is 0.507 e. The van der Waals surface area contributed by atoms with Gasteiger partial charge >= 0.3 is 0 Å². The summed E-state index contributed by atoms with van der Waals surface area (Å²) in [7, 11) is 0. The van der Waals surface area contributed by atoms with Crippen molar-refractivity contribution in [2.24, 2.45) is 0 Å². The zero-order valence-corrected chi connectivity index (χ0v) is 7.31. The lowest BCUT2D eigenvalue weighted by Crippen LogP contribution is -1.79. The SMILES string of the molecule is C=CCO/C=C/c1ccccc1O. The summed E-state index contributed by atoms with van der Waals surface area (Å²) in [4.78, 5) is 0. The number of ether oxygens (including phenoxy) is 1. The van der Waals surface area contributed by atoms with Crippen molar-refractivity contribution < 1.29 is 9.84 Å². The van der Waals surface area contributed by atoms with Crippen LogP contribution in [0.15, 0.2) is 43.2 Å². The van der Waals surface area contributed by atoms with Gasteiger partial charge in [0, 0.05) is 5.56 Å². The summed E-state index contributed by atoms with van der Waals surface area (Å²) >= 11 is 0. The molecule has 0 bridgehead atoms. The number of aromatic hydroxyl groups is 1. The first-order chi connectivity index (χ1) is 6.34. The van der Waals surface area contributed by atoms with Gasteiger partial charge < -0.3 is 9.84 Å². The van der Waals surface area contributed by atoms with Gasteiger partial charge in [-0.15, -0.1) is 0 Å². The fraction of sp³-hybridized carbons (Fsp3) is 0.0909. The molecular weight excluding hydrogens is 164 g/mol. The number of phenols is 1. The Kier molecular flexibility index (Phi) is 3.64. The molecule has 0 saturated carbocycles. The predicted molar refractivity (Wildman–Crippen MR) is 53.3 cm³/mol. The van der Waals surface area contributed by atoms with Crippen LogP contribution in [0.3, 0.4) is 0 Å². The van der Waals surface area contributed by atoms with E-state index < -0.39 is 0 Å². The summed E-state index contributed by atoms with van der Waals surface area (Å²) in [6.45, 7) is 3.99. The van der Waals surface area contributed by atoms with Gasteiger partial charge in [-0.2, -0.15) is 0 Å². The van der Waals surface area contributed by atoms with Crippen molar-refractivity contribution in [1.82, 2.24) is 0 Å². The maximum absolute atomic E-state index is 9.34. The molecule has 0 fully saturated rings. The predicted octanol–water partition coefficient (Wildman–Crippen LogP) is 2.57. The van der Waals surface area contributed by atoms with E-state index in [2.05, 4.69) is 6.58 Å². The van der Waals surface area contributed by atoms with Crippen molar-refractivity contribution in [3.63, 3.8) is 0 Å². The van der Waals surface area contributed by atoms with E-state index in [4.69, 9.17) is 4.74 Å². The maximum atomic E-state index is 9.34. The Bertz CT molecular complexity index is 303. The zero-order valence-electron chi connectivity index (χ0n) is 7.31. The fourth-order valence-corrected chi connectivity index (χ4v) is 0.873. The lowest BCUT2D eigenvalue weighted by atomic mass is 10.2. The van der Waals surface area contributed by atoms with Crippen LogP contribution in [-0.4, -0.2) is 11.7 Å². The summed E-state index contributed by atoms with van der Waals surface area (Å²) in [5.41, 5.74) is 0.742. The molecule has 0 atom stereocenters. The van der Waals surface area contributed by atoms with Crippen LogP contribution in [0, 0.1) is 0 Å². The van der Waals surface area contributed by atoms with Crippen molar-refractivity contribution in [2.75, 3.05) is 6.61 Å². The van der Waals surface area contributed by atoms with E-state index in [1.165, 1.54) is 6.26 Å². The molecule has 1 N–H and O–H groups in total. The van der Waals surface area contributed by atoms with E-state index >= 15 is 0 Å². The molecule has 1 rings (SSSR count). The topological polar surface area (TPSA) is 29.5 Å². The summed E-state index contributed by atoms with van der Waals surface area (Å²) in [5, 5.41) is 9.34. The highest BCUT2D eigenvalue weighted by Gasteiger charge is 1.92. The molecule has 1 aromatic carbocycles. The second-order valence-corrected chi connectivity index (χ2v) is 2.48. The Morgan fingerprint density at radius 1 is 1.38 bits per heavy atom. The number of rotatable bonds is 4. The zero-order chi connectivity index (χ0) is 9.52. The highest BCUT2D eigenvalue weighted by molar-refractivity contribution is 5.55. The van der Waals surface area contributed by atoms with Crippen LogP contribution in [0.2, 0.25) is 0 Å². The first-order valence-electron chi connectivity index (χ1n) is 4.01. The third-order valence-electron chi connectivity index (χ3n) is 1.49. The first-order valence-corrected chi connectivity index (χ1v) is 4.01. The Morgan fingerprint density at radius 2 is 2.15 bits per heavy atom. The minimum atomic E-state index is 0.251. The molecular formula is C11H12O2. The average Bonchev–Trinajstić information content (AvgIpc) is 2.15. The Hall–Kier alpha value is -1.70. The summed E-state index contributed by atoms with van der Waals surface area (Å²) in [5.74, 6) is 0.251. The number of benzene rings is 1. The van der Waals surface area contributed by atoms with Gasteiger partial charge in [0.25, 0.3) is 0 Å². The summed E-state index contributed by atoms with van der Waals surface area (Å²) in [6.07, 6.45) is 4.91. The molecule has 0 spiro atoms. The highest BCUT2D eigenvalue weighted by atomic mass is 16.5. The van der Waals surface area contributed by atoms with Crippen molar-refractivity contribution in [3.8, 4) is 5.75 Å². The first kappa shape index (κ1) is 9.39. The molecule has 0 aliphatic heterocycles. The van der Waals surface area contributed by atoms with Gasteiger partial charge in [-0.25, -0.2) is 0 Å². The molecule has 0 radical (unpaired) electrons. The van der Waals surface area contributed by atoms with Crippen LogP contribution in [0.25, 0.3) is 6.08 Å². The molecule has 0 saturated heterocycles. The smallest absolute Gasteiger partial charge is 0.122 e. The van der Waals surface area contributed by atoms with E-state index in [1.807, 2.05) is 12.1 Å². The molecule has 0 heterocycles. The van der Waals surface area contributed by atoms with E-state index in [1.54, 1.807) is 24.3 Å². The molecule has 2 heteroatoms. The van der Waals surface area contributed by atoms with Crippen molar-refractivity contribution in [1.29, 1.82) is 0 Å². The van der Waals surface area contributed by atoms with Crippen LogP contribution in [0.4, 0.5) is 0 Å². The molecule has 0 aliphatic rings. The van der Waals surface area contributed by atoms with E-state index in [9.17, 15) is 5.11 Å². The minimum absolute atomic E-state index is 0.251. The quantitative estimate of drug-likeness (QED) is 0.434. The van der Waals surface area contributed by atoms with Gasteiger partial charge in [0.05, 0.1) is 6.26 Å². The summed E-state index contributed by atoms with van der Waals surface area (Å²) < 4.78 is 5.03. The molecule has 68 valence electrons. The standard InChI is InChI=1S/C11H12O2/c1-2-8-13-9-7-10-5-3-4-6-11(10)12/h2-7,9,12H,1,8H2/b9-7+. The molecule has 0 aliphatic carbocycles. The second-order valence-electron chi connectivity index (χ2n) is 2.48. The second kappa shape index (κ2) is 5.04. The van der Waals surface area contributed by atoms with Gasteiger partial charge in [-0.05, 0) is 12.1 Å². The summed E-state index contributed by atoms with van der Waals surface area (Å²) in [6, 6.07) is 7.07. The van der Waals surface area contributed by atoms with Crippen LogP contribution in [0.5, 0.6) is 5.75 Å². The molecule has 2 nitrogen and oxygen atoms in total. The van der Waals surface area contributed by atoms with Gasteiger partial charge in [0.15, 0.2) is 0 Å². The van der Waals surface area contributed by atoms with Crippen molar-refractivity contribution in [2.45, 2.75) is 0 Å². The molecule has 0 unspecified atom stereocenters. The molecule has 0 amide bonds. The molecule has 0 aromatic heterocycles. The lowest BCUT2D eigenvalue weighted by Gasteiger charge is -1.97. The van der Waals surface area contributed by atoms with Crippen LogP contribution >= 0.6 is 0 Å². The normalized spacial score (nSPS) is 10.2. The third-order valence-corrected chi connectivity index (χ3v) is 1.49. The Morgan fingerprint density at radius 3 is 2.85 bits per heavy atom. The van der Waals surface area contributed by atoms with Gasteiger partial charge in [-0.1, -0.05) is 30.9 Å². The number of phenolic OH excluding ortho intramolecular Hbond substituents is 1. The van der Waals surface area contributed by atoms with Crippen molar-refractivity contribution in [3.05, 3.63) is 48.7 Å². The minimum Gasteiger partial charge on any atom is -0.507 e. The number of hydrogen-bond acceptors (Lipinski definition) is 2. The van der Waals surface area contributed by atoms with E-state index in [0.717, 1.165) is 5.56 Å². The fourth-order valence-electron chi connectivity index (χ4n) is 0.873. The Balaban J connectivity index is 2.58. The molecule has 13 heavy (non-hydrogen) atoms. The van der Waals surface area contributed by atoms with Crippen LogP contribution in [0.1, 0.15) is 5.56 Å². The van der Waals surface area contributed by atoms with E-state index in [0.29, 0.717) is 6.61 Å². The number of para-hydroxylation sites is 1. The highest BCUT2D eigenvalue weighted by Crippen LogP contribution is 2.16. The van der Waals surface area contributed by atoms with Crippen molar-refractivity contribution >= 4 is 6.08 Å². The maximum Gasteiger partial charge on any atom is 0.122 e. The monoisotopic (exact) mass is 176 g/mol. The third kappa shape index (κ3) is 3.03. The Labute approximate surface area is 77.8 Å². The van der Waals surface area contributed by atoms with Gasteiger partial charge in [0.2, 0.25) is 0 Å². The average molecular weight is 176 g/mol. The van der Waals surface area contributed by atoms with Gasteiger partial charge in [0.1, 0.15) is 12.4 Å². The molecule has 1 aromatic rings.